The van der Waals surface area contributed by atoms with Gasteiger partial charge in [-0.05, 0) is 37.5 Å². The molecule has 13 N–H and O–H groups in total. The molecule has 0 aromatic rings. The van der Waals surface area contributed by atoms with Crippen LogP contribution in [0, 0.1) is 11.8 Å². The van der Waals surface area contributed by atoms with Gasteiger partial charge in [0.1, 0.15) is 24.2 Å². The van der Waals surface area contributed by atoms with Gasteiger partial charge in [-0.15, -0.1) is 0 Å². The number of guanidine groups is 1. The third-order valence-corrected chi connectivity index (χ3v) is 6.77. The van der Waals surface area contributed by atoms with Crippen molar-refractivity contribution in [3.05, 3.63) is 0 Å². The van der Waals surface area contributed by atoms with E-state index >= 15 is 0 Å². The van der Waals surface area contributed by atoms with E-state index in [0.29, 0.717) is 6.42 Å². The summed E-state index contributed by atoms with van der Waals surface area (Å²) in [5, 5.41) is 30.5. The predicted octanol–water partition coefficient (Wildman–Crippen LogP) is -3.00. The standard InChI is InChI=1S/C27H49N9O9S/c1-13(2)10-15(28)22(40)36-21(14(3)4)25(43)35-18(12-46)23(41)32-11-19(37)33-16(7-8-20(38)39)24(42)34-17(26(44)45)6-5-9-31-27(29)30/h13-18,21,46H,5-12,28H2,1-4H3,(H,32,41)(H,33,37)(H,34,42)(H,35,43)(H,36,40)(H,38,39)(H,44,45)(H4,29,30,31)/t15-,16-,17-,18-,21-/m0/s1. The van der Waals surface area contributed by atoms with E-state index in [-0.39, 0.29) is 49.4 Å². The molecule has 46 heavy (non-hydrogen) atoms. The Morgan fingerprint density at radius 2 is 1.39 bits per heavy atom. The molecule has 0 fully saturated rings. The number of carbonyl (C=O) groups is 7. The summed E-state index contributed by atoms with van der Waals surface area (Å²) in [5.74, 6) is -7.05. The average Bonchev–Trinajstić information content (AvgIpc) is 2.95. The Hall–Kier alpha value is -4.13. The lowest BCUT2D eigenvalue weighted by Gasteiger charge is -2.26. The van der Waals surface area contributed by atoms with Gasteiger partial charge < -0.3 is 54.0 Å². The zero-order valence-electron chi connectivity index (χ0n) is 26.6. The quantitative estimate of drug-likeness (QED) is 0.0237. The van der Waals surface area contributed by atoms with Crippen molar-refractivity contribution in [3.8, 4) is 0 Å². The Kier molecular flexibility index (Phi) is 19.6. The third-order valence-electron chi connectivity index (χ3n) is 6.41. The van der Waals surface area contributed by atoms with Crippen LogP contribution in [0.2, 0.25) is 0 Å². The van der Waals surface area contributed by atoms with Crippen molar-refractivity contribution >= 4 is 60.1 Å². The predicted molar refractivity (Wildman–Crippen MR) is 171 cm³/mol. The van der Waals surface area contributed by atoms with E-state index < -0.39 is 84.6 Å². The molecule has 0 radical (unpaired) electrons. The maximum absolute atomic E-state index is 13.0. The maximum atomic E-state index is 13.0. The van der Waals surface area contributed by atoms with Crippen LogP contribution in [-0.4, -0.2) is 107 Å². The lowest BCUT2D eigenvalue weighted by atomic mass is 10.00. The van der Waals surface area contributed by atoms with Crippen LogP contribution in [0.1, 0.15) is 59.8 Å². The molecule has 262 valence electrons. The minimum absolute atomic E-state index is 0.0591. The highest BCUT2D eigenvalue weighted by Gasteiger charge is 2.31. The van der Waals surface area contributed by atoms with Crippen LogP contribution in [-0.2, 0) is 33.6 Å². The van der Waals surface area contributed by atoms with Crippen LogP contribution in [0.5, 0.6) is 0 Å². The van der Waals surface area contributed by atoms with E-state index in [9.17, 15) is 38.7 Å². The molecule has 5 atom stereocenters. The number of aliphatic carboxylic acids is 2. The summed E-state index contributed by atoms with van der Waals surface area (Å²) < 4.78 is 0. The molecule has 0 bridgehead atoms. The summed E-state index contributed by atoms with van der Waals surface area (Å²) in [5.41, 5.74) is 16.4. The number of nitrogens with two attached hydrogens (primary N) is 3. The lowest BCUT2D eigenvalue weighted by Crippen LogP contribution is -2.58. The van der Waals surface area contributed by atoms with Gasteiger partial charge in [0.2, 0.25) is 29.5 Å². The molecule has 0 aliphatic heterocycles. The van der Waals surface area contributed by atoms with E-state index in [0.717, 1.165) is 0 Å². The molecule has 18 nitrogen and oxygen atoms in total. The third kappa shape index (κ3) is 17.4. The number of nitrogens with one attached hydrogen (secondary N) is 5. The lowest BCUT2D eigenvalue weighted by molar-refractivity contribution is -0.143. The monoisotopic (exact) mass is 675 g/mol. The number of hydrogen-bond donors (Lipinski definition) is 11. The van der Waals surface area contributed by atoms with Gasteiger partial charge in [-0.2, -0.15) is 12.6 Å². The second-order valence-electron chi connectivity index (χ2n) is 11.3. The highest BCUT2D eigenvalue weighted by atomic mass is 32.1. The van der Waals surface area contributed by atoms with Crippen LogP contribution in [0.4, 0.5) is 0 Å². The number of carbonyl (C=O) groups excluding carboxylic acids is 5. The number of nitrogens with zero attached hydrogens (tertiary/aromatic N) is 1. The van der Waals surface area contributed by atoms with Crippen molar-refractivity contribution < 1.29 is 43.8 Å². The number of carboxylic acids is 2. The van der Waals surface area contributed by atoms with E-state index in [4.69, 9.17) is 22.3 Å². The first-order chi connectivity index (χ1) is 21.4. The molecule has 0 aliphatic rings. The van der Waals surface area contributed by atoms with Gasteiger partial charge in [-0.1, -0.05) is 27.7 Å². The second kappa shape index (κ2) is 21.6. The Labute approximate surface area is 273 Å². The number of carboxylic acid groups (broad SMARTS) is 2. The first-order valence-corrected chi connectivity index (χ1v) is 15.4. The van der Waals surface area contributed by atoms with E-state index in [2.05, 4.69) is 44.2 Å². The van der Waals surface area contributed by atoms with Crippen LogP contribution >= 0.6 is 12.6 Å². The molecule has 5 amide bonds. The summed E-state index contributed by atoms with van der Waals surface area (Å²) in [4.78, 5) is 90.1. The van der Waals surface area contributed by atoms with Crippen molar-refractivity contribution in [2.45, 2.75) is 90.0 Å². The van der Waals surface area contributed by atoms with Crippen molar-refractivity contribution in [1.29, 1.82) is 0 Å². The summed E-state index contributed by atoms with van der Waals surface area (Å²) in [7, 11) is 0. The van der Waals surface area contributed by atoms with Gasteiger partial charge >= 0.3 is 11.9 Å². The van der Waals surface area contributed by atoms with Crippen molar-refractivity contribution in [2.24, 2.45) is 34.0 Å². The Morgan fingerprint density at radius 3 is 1.89 bits per heavy atom. The van der Waals surface area contributed by atoms with Gasteiger partial charge in [-0.25, -0.2) is 4.79 Å². The minimum atomic E-state index is -1.45. The fourth-order valence-corrected chi connectivity index (χ4v) is 4.23. The molecule has 0 heterocycles. The van der Waals surface area contributed by atoms with Gasteiger partial charge in [0.25, 0.3) is 0 Å². The molecule has 0 saturated heterocycles. The molecule has 0 rings (SSSR count). The first-order valence-electron chi connectivity index (χ1n) is 14.7. The highest BCUT2D eigenvalue weighted by molar-refractivity contribution is 7.80. The summed E-state index contributed by atoms with van der Waals surface area (Å²) in [6.45, 7) is 6.62. The second-order valence-corrected chi connectivity index (χ2v) is 11.7. The van der Waals surface area contributed by atoms with E-state index in [1.165, 1.54) is 0 Å². The number of amides is 5. The molecule has 0 aromatic heterocycles. The van der Waals surface area contributed by atoms with Gasteiger partial charge in [0.05, 0.1) is 12.6 Å². The molecule has 0 unspecified atom stereocenters. The first kappa shape index (κ1) is 41.9. The molecule has 0 aromatic carbocycles. The molecular formula is C27H49N9O9S. The minimum Gasteiger partial charge on any atom is -0.481 e. The molecule has 19 heteroatoms. The number of hydrogen-bond acceptors (Lipinski definition) is 10. The van der Waals surface area contributed by atoms with Gasteiger partial charge in [0.15, 0.2) is 5.96 Å². The zero-order chi connectivity index (χ0) is 35.6. The Bertz CT molecular complexity index is 1100. The van der Waals surface area contributed by atoms with Crippen LogP contribution in [0.15, 0.2) is 4.99 Å². The van der Waals surface area contributed by atoms with Gasteiger partial charge in [-0.3, -0.25) is 33.8 Å². The van der Waals surface area contributed by atoms with Crippen molar-refractivity contribution in [2.75, 3.05) is 18.8 Å². The number of rotatable bonds is 22. The topological polar surface area (TPSA) is 311 Å². The summed E-state index contributed by atoms with van der Waals surface area (Å²) in [6.07, 6.45) is -0.361. The van der Waals surface area contributed by atoms with Crippen LogP contribution in [0.3, 0.4) is 0 Å². The normalized spacial score (nSPS) is 14.2. The van der Waals surface area contributed by atoms with Crippen molar-refractivity contribution in [3.63, 3.8) is 0 Å². The fraction of sp³-hybridized carbons (Fsp3) is 0.704. The summed E-state index contributed by atoms with van der Waals surface area (Å²) in [6, 6.07) is -5.89. The van der Waals surface area contributed by atoms with Gasteiger partial charge in [0, 0.05) is 18.7 Å². The SMILES string of the molecule is CC(C)C[C@H](N)C(=O)N[C@H](C(=O)N[C@@H](CS)C(=O)NCC(=O)N[C@@H](CCC(=O)O)C(=O)N[C@@H](CCCN=C(N)N)C(=O)O)C(C)C. The smallest absolute Gasteiger partial charge is 0.326 e. The van der Waals surface area contributed by atoms with Crippen LogP contribution in [0.25, 0.3) is 0 Å². The van der Waals surface area contributed by atoms with Crippen LogP contribution < -0.4 is 43.8 Å². The average molecular weight is 676 g/mol. The summed E-state index contributed by atoms with van der Waals surface area (Å²) >= 11 is 4.09. The van der Waals surface area contributed by atoms with E-state index in [1.807, 2.05) is 13.8 Å². The Balaban J connectivity index is 5.34. The fourth-order valence-electron chi connectivity index (χ4n) is 3.97. The molecular weight excluding hydrogens is 626 g/mol. The van der Waals surface area contributed by atoms with E-state index in [1.54, 1.807) is 13.8 Å². The number of aliphatic imine (C=N–C) groups is 1. The maximum Gasteiger partial charge on any atom is 0.326 e. The Morgan fingerprint density at radius 1 is 0.783 bits per heavy atom. The largest absolute Gasteiger partial charge is 0.481 e. The molecule has 0 aliphatic carbocycles. The zero-order valence-corrected chi connectivity index (χ0v) is 27.5. The molecule has 0 spiro atoms. The molecule has 0 saturated carbocycles. The highest BCUT2D eigenvalue weighted by Crippen LogP contribution is 2.07. The number of thiol groups is 1. The van der Waals surface area contributed by atoms with Crippen molar-refractivity contribution in [1.82, 2.24) is 26.6 Å².